The topological polar surface area (TPSA) is 20.3 Å². The third-order valence-electron chi connectivity index (χ3n) is 3.32. The minimum atomic E-state index is 0.421. The Labute approximate surface area is 107 Å². The van der Waals surface area contributed by atoms with Gasteiger partial charge in [-0.15, -0.1) is 0 Å². The van der Waals surface area contributed by atoms with E-state index in [4.69, 9.17) is 12.2 Å². The molecule has 0 spiro atoms. The zero-order valence-electron chi connectivity index (χ0n) is 9.61. The molecular formula is C12H19NOS2. The Kier molecular flexibility index (Phi) is 4.65. The molecule has 2 rings (SSSR count). The number of likely N-dealkylation sites (tertiary alicyclic amines) is 1. The first-order valence-corrected chi connectivity index (χ1v) is 7.52. The molecule has 1 heterocycles. The van der Waals surface area contributed by atoms with E-state index in [1.54, 1.807) is 11.8 Å². The average Bonchev–Trinajstić information content (AvgIpc) is 2.30. The van der Waals surface area contributed by atoms with Crippen LogP contribution < -0.4 is 0 Å². The van der Waals surface area contributed by atoms with Crippen LogP contribution in [-0.4, -0.2) is 33.3 Å². The minimum Gasteiger partial charge on any atom is -0.358 e. The first-order valence-electron chi connectivity index (χ1n) is 6.23. The Bertz CT molecular complexity index is 274. The summed E-state index contributed by atoms with van der Waals surface area (Å²) in [5.41, 5.74) is 0. The monoisotopic (exact) mass is 257 g/mol. The Morgan fingerprint density at radius 2 is 2.00 bits per heavy atom. The summed E-state index contributed by atoms with van der Waals surface area (Å²) < 4.78 is 1.03. The molecule has 2 fully saturated rings. The SMILES string of the molecule is O=C1CCCC(SC(=S)N2CCCCC2)C1. The van der Waals surface area contributed by atoms with Gasteiger partial charge in [0.1, 0.15) is 10.1 Å². The number of thioether (sulfide) groups is 1. The van der Waals surface area contributed by atoms with Gasteiger partial charge in [0.25, 0.3) is 0 Å². The third-order valence-corrected chi connectivity index (χ3v) is 5.06. The number of hydrogen-bond donors (Lipinski definition) is 0. The van der Waals surface area contributed by atoms with Crippen molar-refractivity contribution in [1.29, 1.82) is 0 Å². The zero-order valence-corrected chi connectivity index (χ0v) is 11.2. The first-order chi connectivity index (χ1) is 7.75. The number of nitrogens with zero attached hydrogens (tertiary/aromatic N) is 1. The van der Waals surface area contributed by atoms with Crippen molar-refractivity contribution in [2.45, 2.75) is 50.2 Å². The van der Waals surface area contributed by atoms with Crippen molar-refractivity contribution < 1.29 is 4.79 Å². The van der Waals surface area contributed by atoms with Crippen LogP contribution in [0.1, 0.15) is 44.9 Å². The fraction of sp³-hybridized carbons (Fsp3) is 0.833. The third kappa shape index (κ3) is 3.45. The maximum Gasteiger partial charge on any atom is 0.136 e. The molecule has 1 unspecified atom stereocenters. The van der Waals surface area contributed by atoms with Crippen molar-refractivity contribution in [2.75, 3.05) is 13.1 Å². The van der Waals surface area contributed by atoms with Gasteiger partial charge in [-0.05, 0) is 32.1 Å². The molecule has 1 aliphatic carbocycles. The fourth-order valence-corrected chi connectivity index (χ4v) is 4.14. The maximum atomic E-state index is 11.4. The van der Waals surface area contributed by atoms with E-state index in [1.807, 2.05) is 0 Å². The van der Waals surface area contributed by atoms with E-state index >= 15 is 0 Å². The Balaban J connectivity index is 1.79. The predicted molar refractivity (Wildman–Crippen MR) is 72.9 cm³/mol. The smallest absolute Gasteiger partial charge is 0.136 e. The van der Waals surface area contributed by atoms with Crippen LogP contribution in [-0.2, 0) is 4.79 Å². The highest BCUT2D eigenvalue weighted by molar-refractivity contribution is 8.23. The van der Waals surface area contributed by atoms with Crippen LogP contribution in [0.4, 0.5) is 0 Å². The largest absolute Gasteiger partial charge is 0.358 e. The maximum absolute atomic E-state index is 11.4. The summed E-state index contributed by atoms with van der Waals surface area (Å²) >= 11 is 7.24. The predicted octanol–water partition coefficient (Wildman–Crippen LogP) is 3.00. The van der Waals surface area contributed by atoms with Gasteiger partial charge in [0.05, 0.1) is 0 Å². The Morgan fingerprint density at radius 1 is 1.25 bits per heavy atom. The highest BCUT2D eigenvalue weighted by Gasteiger charge is 2.23. The van der Waals surface area contributed by atoms with Crippen molar-refractivity contribution in [1.82, 2.24) is 4.90 Å². The van der Waals surface area contributed by atoms with Gasteiger partial charge in [-0.25, -0.2) is 0 Å². The molecule has 0 amide bonds. The van der Waals surface area contributed by atoms with Crippen LogP contribution >= 0.6 is 24.0 Å². The molecule has 0 N–H and O–H groups in total. The highest BCUT2D eigenvalue weighted by atomic mass is 32.2. The molecule has 4 heteroatoms. The van der Waals surface area contributed by atoms with E-state index in [9.17, 15) is 4.79 Å². The van der Waals surface area contributed by atoms with Crippen molar-refractivity contribution in [3.63, 3.8) is 0 Å². The molecule has 16 heavy (non-hydrogen) atoms. The van der Waals surface area contributed by atoms with Gasteiger partial charge in [-0.2, -0.15) is 0 Å². The van der Waals surface area contributed by atoms with E-state index in [-0.39, 0.29) is 0 Å². The Morgan fingerprint density at radius 3 is 2.69 bits per heavy atom. The van der Waals surface area contributed by atoms with Crippen molar-refractivity contribution in [2.24, 2.45) is 0 Å². The van der Waals surface area contributed by atoms with Gasteiger partial charge in [-0.3, -0.25) is 4.79 Å². The van der Waals surface area contributed by atoms with Gasteiger partial charge in [0, 0.05) is 31.2 Å². The second-order valence-corrected chi connectivity index (χ2v) is 6.62. The lowest BCUT2D eigenvalue weighted by Gasteiger charge is -2.31. The summed E-state index contributed by atoms with van der Waals surface area (Å²) in [4.78, 5) is 13.7. The Hall–Kier alpha value is -0.0900. The molecule has 1 aliphatic heterocycles. The zero-order chi connectivity index (χ0) is 11.4. The summed E-state index contributed by atoms with van der Waals surface area (Å²) in [6.45, 7) is 2.24. The first kappa shape index (κ1) is 12.4. The molecule has 0 aromatic heterocycles. The summed E-state index contributed by atoms with van der Waals surface area (Å²) in [7, 11) is 0. The quantitative estimate of drug-likeness (QED) is 0.673. The second-order valence-electron chi connectivity index (χ2n) is 4.69. The molecule has 2 aliphatic rings. The summed E-state index contributed by atoms with van der Waals surface area (Å²) in [6, 6.07) is 0. The van der Waals surface area contributed by atoms with E-state index in [2.05, 4.69) is 4.90 Å². The van der Waals surface area contributed by atoms with Gasteiger partial charge in [0.15, 0.2) is 0 Å². The number of ketones is 1. The number of piperidine rings is 1. The molecular weight excluding hydrogens is 238 g/mol. The molecule has 1 saturated carbocycles. The van der Waals surface area contributed by atoms with Crippen LogP contribution in [0.3, 0.4) is 0 Å². The number of Topliss-reactive ketones (excluding diaryl/α,β-unsaturated/α-hetero) is 1. The van der Waals surface area contributed by atoms with Crippen LogP contribution in [0.5, 0.6) is 0 Å². The minimum absolute atomic E-state index is 0.421. The summed E-state index contributed by atoms with van der Waals surface area (Å²) in [6.07, 6.45) is 7.61. The van der Waals surface area contributed by atoms with Crippen molar-refractivity contribution >= 4 is 34.1 Å². The van der Waals surface area contributed by atoms with Gasteiger partial charge in [-0.1, -0.05) is 24.0 Å². The lowest BCUT2D eigenvalue weighted by molar-refractivity contribution is -0.120. The lowest BCUT2D eigenvalue weighted by atomic mass is 9.99. The number of carbonyl (C=O) groups is 1. The van der Waals surface area contributed by atoms with Crippen molar-refractivity contribution in [3.05, 3.63) is 0 Å². The highest BCUT2D eigenvalue weighted by Crippen LogP contribution is 2.29. The molecule has 1 saturated heterocycles. The molecule has 0 bridgehead atoms. The van der Waals surface area contributed by atoms with Crippen LogP contribution in [0.25, 0.3) is 0 Å². The van der Waals surface area contributed by atoms with E-state index in [1.165, 1.54) is 19.3 Å². The lowest BCUT2D eigenvalue weighted by Crippen LogP contribution is -2.34. The van der Waals surface area contributed by atoms with Crippen LogP contribution in [0.15, 0.2) is 0 Å². The fourth-order valence-electron chi connectivity index (χ4n) is 2.38. The number of rotatable bonds is 1. The van der Waals surface area contributed by atoms with Crippen molar-refractivity contribution in [3.8, 4) is 0 Å². The standard InChI is InChI=1S/C12H19NOS2/c14-10-5-4-6-11(9-10)16-12(15)13-7-2-1-3-8-13/h11H,1-9H2. The number of hydrogen-bond acceptors (Lipinski definition) is 3. The van der Waals surface area contributed by atoms with E-state index in [0.29, 0.717) is 11.0 Å². The van der Waals surface area contributed by atoms with E-state index in [0.717, 1.165) is 43.1 Å². The number of thiocarbonyl (C=S) groups is 1. The van der Waals surface area contributed by atoms with Gasteiger partial charge in [0.2, 0.25) is 0 Å². The number of carbonyl (C=O) groups excluding carboxylic acids is 1. The molecule has 1 atom stereocenters. The molecule has 0 radical (unpaired) electrons. The second kappa shape index (κ2) is 6.01. The van der Waals surface area contributed by atoms with E-state index < -0.39 is 0 Å². The summed E-state index contributed by atoms with van der Waals surface area (Å²) in [5.74, 6) is 0.421. The molecule has 90 valence electrons. The van der Waals surface area contributed by atoms with Gasteiger partial charge < -0.3 is 4.90 Å². The molecule has 0 aromatic carbocycles. The van der Waals surface area contributed by atoms with Gasteiger partial charge >= 0.3 is 0 Å². The molecule has 2 nitrogen and oxygen atoms in total. The van der Waals surface area contributed by atoms with Crippen LogP contribution in [0, 0.1) is 0 Å². The van der Waals surface area contributed by atoms with Crippen LogP contribution in [0.2, 0.25) is 0 Å². The summed E-state index contributed by atoms with van der Waals surface area (Å²) in [5, 5.41) is 0.454. The average molecular weight is 257 g/mol. The normalized spacial score (nSPS) is 26.9. The molecule has 0 aromatic rings.